The van der Waals surface area contributed by atoms with E-state index in [1.54, 1.807) is 24.3 Å². The molecule has 0 heterocycles. The molecule has 2 rings (SSSR count). The smallest absolute Gasteiger partial charge is 0.250 e. The van der Waals surface area contributed by atoms with Crippen molar-refractivity contribution in [3.8, 4) is 5.75 Å². The number of benzene rings is 2. The zero-order valence-corrected chi connectivity index (χ0v) is 15.2. The zero-order chi connectivity index (χ0) is 16.8. The van der Waals surface area contributed by atoms with Gasteiger partial charge in [-0.2, -0.15) is 5.10 Å². The summed E-state index contributed by atoms with van der Waals surface area (Å²) < 4.78 is 1.07. The Balaban J connectivity index is 1.86. The first-order valence-corrected chi connectivity index (χ1v) is 8.74. The molecule has 0 aliphatic carbocycles. The third-order valence-electron chi connectivity index (χ3n) is 3.11. The van der Waals surface area contributed by atoms with Crippen LogP contribution in [0.1, 0.15) is 16.7 Å². The van der Waals surface area contributed by atoms with Crippen LogP contribution >= 0.6 is 27.7 Å². The van der Waals surface area contributed by atoms with Gasteiger partial charge in [0.05, 0.1) is 12.0 Å². The minimum atomic E-state index is -0.162. The lowest BCUT2D eigenvalue weighted by Crippen LogP contribution is -2.19. The van der Waals surface area contributed by atoms with Gasteiger partial charge in [0.2, 0.25) is 5.91 Å². The Morgan fingerprint density at radius 3 is 2.65 bits per heavy atom. The molecule has 0 unspecified atom stereocenters. The summed E-state index contributed by atoms with van der Waals surface area (Å²) in [6, 6.07) is 10.7. The molecule has 23 heavy (non-hydrogen) atoms. The summed E-state index contributed by atoms with van der Waals surface area (Å²) >= 11 is 4.98. The molecule has 2 aromatic carbocycles. The first-order chi connectivity index (χ1) is 11.0. The molecule has 2 aromatic rings. The average Bonchev–Trinajstić information content (AvgIpc) is 2.51. The molecule has 0 radical (unpaired) electrons. The van der Waals surface area contributed by atoms with Gasteiger partial charge in [0.1, 0.15) is 5.75 Å². The molecule has 1 amide bonds. The lowest BCUT2D eigenvalue weighted by atomic mass is 10.2. The van der Waals surface area contributed by atoms with Crippen LogP contribution in [0.4, 0.5) is 0 Å². The number of aromatic hydroxyl groups is 1. The van der Waals surface area contributed by atoms with Gasteiger partial charge in [-0.1, -0.05) is 15.9 Å². The second-order valence-electron chi connectivity index (χ2n) is 5.04. The fourth-order valence-corrected chi connectivity index (χ4v) is 3.18. The van der Waals surface area contributed by atoms with Crippen molar-refractivity contribution in [3.63, 3.8) is 0 Å². The summed E-state index contributed by atoms with van der Waals surface area (Å²) in [6.45, 7) is 4.04. The Hall–Kier alpha value is -1.79. The first-order valence-electron chi connectivity index (χ1n) is 6.96. The molecule has 0 atom stereocenters. The molecule has 2 N–H and O–H groups in total. The summed E-state index contributed by atoms with van der Waals surface area (Å²) in [4.78, 5) is 12.9. The Labute approximate surface area is 148 Å². The van der Waals surface area contributed by atoms with E-state index in [1.165, 1.54) is 18.0 Å². The fourth-order valence-electron chi connectivity index (χ4n) is 1.82. The number of phenols is 1. The van der Waals surface area contributed by atoms with E-state index in [9.17, 15) is 9.90 Å². The van der Waals surface area contributed by atoms with Gasteiger partial charge in [-0.15, -0.1) is 11.8 Å². The number of hydrazone groups is 1. The van der Waals surface area contributed by atoms with E-state index < -0.39 is 0 Å². The Kier molecular flexibility index (Phi) is 6.24. The fraction of sp³-hybridized carbons (Fsp3) is 0.176. The number of thioether (sulfide) groups is 1. The van der Waals surface area contributed by atoms with Crippen molar-refractivity contribution in [1.29, 1.82) is 0 Å². The molecule has 0 aromatic heterocycles. The Morgan fingerprint density at radius 1 is 1.26 bits per heavy atom. The standard InChI is InChI=1S/C17H17BrN2O2S/c1-11-8-16(12(2)7-15(11)18)23-10-17(22)20-19-9-13-3-5-14(21)6-4-13/h3-9,21H,10H2,1-2H3,(H,20,22). The number of hydrogen-bond donors (Lipinski definition) is 2. The van der Waals surface area contributed by atoms with Gasteiger partial charge >= 0.3 is 0 Å². The van der Waals surface area contributed by atoms with Crippen molar-refractivity contribution >= 4 is 39.8 Å². The van der Waals surface area contributed by atoms with Crippen LogP contribution in [0.3, 0.4) is 0 Å². The van der Waals surface area contributed by atoms with E-state index in [1.807, 2.05) is 13.8 Å². The van der Waals surface area contributed by atoms with Gasteiger partial charge in [-0.3, -0.25) is 4.79 Å². The van der Waals surface area contributed by atoms with E-state index in [0.717, 1.165) is 26.1 Å². The van der Waals surface area contributed by atoms with Crippen molar-refractivity contribution < 1.29 is 9.90 Å². The number of nitrogens with one attached hydrogen (secondary N) is 1. The van der Waals surface area contributed by atoms with Crippen molar-refractivity contribution in [2.45, 2.75) is 18.7 Å². The highest BCUT2D eigenvalue weighted by Crippen LogP contribution is 2.28. The number of amides is 1. The zero-order valence-electron chi connectivity index (χ0n) is 12.8. The van der Waals surface area contributed by atoms with E-state index in [4.69, 9.17) is 0 Å². The molecule has 120 valence electrons. The van der Waals surface area contributed by atoms with Crippen LogP contribution in [0.5, 0.6) is 5.75 Å². The van der Waals surface area contributed by atoms with Gasteiger partial charge < -0.3 is 5.11 Å². The highest BCUT2D eigenvalue weighted by atomic mass is 79.9. The van der Waals surface area contributed by atoms with Crippen LogP contribution in [0.2, 0.25) is 0 Å². The van der Waals surface area contributed by atoms with Crippen LogP contribution in [0.25, 0.3) is 0 Å². The second kappa shape index (κ2) is 8.17. The number of halogens is 1. The number of nitrogens with zero attached hydrogens (tertiary/aromatic N) is 1. The van der Waals surface area contributed by atoms with E-state index >= 15 is 0 Å². The van der Waals surface area contributed by atoms with Gasteiger partial charge in [0.25, 0.3) is 0 Å². The molecular weight excluding hydrogens is 376 g/mol. The summed E-state index contributed by atoms with van der Waals surface area (Å²) in [5.41, 5.74) is 5.58. The molecule has 4 nitrogen and oxygen atoms in total. The summed E-state index contributed by atoms with van der Waals surface area (Å²) in [5.74, 6) is 0.335. The molecule has 0 bridgehead atoms. The molecule has 0 spiro atoms. The van der Waals surface area contributed by atoms with Crippen LogP contribution in [0, 0.1) is 13.8 Å². The molecule has 0 saturated carbocycles. The normalized spacial score (nSPS) is 10.9. The van der Waals surface area contributed by atoms with Gasteiger partial charge in [0, 0.05) is 9.37 Å². The topological polar surface area (TPSA) is 61.7 Å². The summed E-state index contributed by atoms with van der Waals surface area (Å²) in [6.07, 6.45) is 1.54. The number of carbonyl (C=O) groups excluding carboxylic acids is 1. The highest BCUT2D eigenvalue weighted by molar-refractivity contribution is 9.10. The molecule has 0 saturated heterocycles. The van der Waals surface area contributed by atoms with Gasteiger partial charge in [0.15, 0.2) is 0 Å². The van der Waals surface area contributed by atoms with Gasteiger partial charge in [-0.05, 0) is 66.9 Å². The number of aryl methyl sites for hydroxylation is 2. The van der Waals surface area contributed by atoms with E-state index in [2.05, 4.69) is 38.6 Å². The molecule has 0 fully saturated rings. The summed E-state index contributed by atoms with van der Waals surface area (Å²) in [5, 5.41) is 13.1. The molecule has 6 heteroatoms. The van der Waals surface area contributed by atoms with E-state index in [-0.39, 0.29) is 11.7 Å². The Bertz CT molecular complexity index is 730. The van der Waals surface area contributed by atoms with Crippen LogP contribution in [-0.2, 0) is 4.79 Å². The minimum absolute atomic E-state index is 0.162. The predicted octanol–water partition coefficient (Wildman–Crippen LogP) is 4.01. The van der Waals surface area contributed by atoms with Crippen molar-refractivity contribution in [2.24, 2.45) is 5.10 Å². The number of phenolic OH excluding ortho intramolecular Hbond substituents is 1. The van der Waals surface area contributed by atoms with Crippen LogP contribution in [-0.4, -0.2) is 23.0 Å². The van der Waals surface area contributed by atoms with Crippen molar-refractivity contribution in [3.05, 3.63) is 57.6 Å². The minimum Gasteiger partial charge on any atom is -0.508 e. The third-order valence-corrected chi connectivity index (χ3v) is 5.12. The lowest BCUT2D eigenvalue weighted by Gasteiger charge is -2.08. The quantitative estimate of drug-likeness (QED) is 0.458. The van der Waals surface area contributed by atoms with Crippen LogP contribution < -0.4 is 5.43 Å². The molecule has 0 aliphatic heterocycles. The predicted molar refractivity (Wildman–Crippen MR) is 98.2 cm³/mol. The first kappa shape index (κ1) is 17.6. The number of rotatable bonds is 5. The molecule has 0 aliphatic rings. The van der Waals surface area contributed by atoms with Gasteiger partial charge in [-0.25, -0.2) is 5.43 Å². The van der Waals surface area contributed by atoms with E-state index in [0.29, 0.717) is 5.75 Å². The highest BCUT2D eigenvalue weighted by Gasteiger charge is 2.06. The largest absolute Gasteiger partial charge is 0.508 e. The second-order valence-corrected chi connectivity index (χ2v) is 6.91. The maximum atomic E-state index is 11.8. The lowest BCUT2D eigenvalue weighted by molar-refractivity contribution is -0.118. The average molecular weight is 393 g/mol. The Morgan fingerprint density at radius 2 is 1.96 bits per heavy atom. The monoisotopic (exact) mass is 392 g/mol. The number of carbonyl (C=O) groups is 1. The number of hydrogen-bond acceptors (Lipinski definition) is 4. The van der Waals surface area contributed by atoms with Crippen LogP contribution in [0.15, 0.2) is 50.9 Å². The maximum Gasteiger partial charge on any atom is 0.250 e. The SMILES string of the molecule is Cc1cc(SCC(=O)NN=Cc2ccc(O)cc2)c(C)cc1Br. The maximum absolute atomic E-state index is 11.8. The summed E-state index contributed by atoms with van der Waals surface area (Å²) in [7, 11) is 0. The van der Waals surface area contributed by atoms with Crippen molar-refractivity contribution in [2.75, 3.05) is 5.75 Å². The third kappa shape index (κ3) is 5.41. The molecular formula is C17H17BrN2O2S. The van der Waals surface area contributed by atoms with Crippen molar-refractivity contribution in [1.82, 2.24) is 5.43 Å².